The molecule has 2 nitrogen and oxygen atoms in total. The largest absolute Gasteiger partial charge is 0.310 e. The molecular formula is C60H56N2Si3. The predicted octanol–water partition coefficient (Wildman–Crippen LogP) is 15.1. The molecule has 0 saturated heterocycles. The highest BCUT2D eigenvalue weighted by atomic mass is 28.3. The molecule has 10 aromatic carbocycles. The topological polar surface area (TPSA) is 6.48 Å². The summed E-state index contributed by atoms with van der Waals surface area (Å²) in [6, 6.07) is 73.9. The molecule has 5 heteroatoms. The molecule has 0 saturated carbocycles. The molecule has 1 aliphatic heterocycles. The van der Waals surface area contributed by atoms with Gasteiger partial charge in [0.25, 0.3) is 0 Å². The van der Waals surface area contributed by atoms with Crippen molar-refractivity contribution in [3.05, 3.63) is 194 Å². The number of rotatable bonds is 8. The summed E-state index contributed by atoms with van der Waals surface area (Å²) >= 11 is 0. The minimum absolute atomic E-state index is 1.17. The fourth-order valence-electron chi connectivity index (χ4n) is 10.5. The smallest absolute Gasteiger partial charge is 0.113 e. The van der Waals surface area contributed by atoms with Crippen molar-refractivity contribution in [2.24, 2.45) is 0 Å². The van der Waals surface area contributed by atoms with Crippen LogP contribution in [0.25, 0.3) is 54.2 Å². The van der Waals surface area contributed by atoms with Crippen LogP contribution in [-0.2, 0) is 0 Å². The second-order valence-electron chi connectivity index (χ2n) is 20.7. The molecule has 0 atom stereocenters. The summed E-state index contributed by atoms with van der Waals surface area (Å²) in [5, 5.41) is 16.2. The second kappa shape index (κ2) is 15.3. The van der Waals surface area contributed by atoms with E-state index in [-0.39, 0.29) is 0 Å². The Morgan fingerprint density at radius 1 is 0.338 bits per heavy atom. The SMILES string of the molecule is C[Si](C)(C)c1ccc(N(c2ccc3c(c2)[Si](C)(C)c2cccc4c2c-3cc2ccc(N(c3ccc([Si](C)(C)C)cc3)c3cccc5ccccc35)cc24)c2cccc3ccccc23)cc1. The Labute approximate surface area is 387 Å². The fourth-order valence-corrected chi connectivity index (χ4v) is 16.0. The average Bonchev–Trinajstić information content (AvgIpc) is 3.31. The van der Waals surface area contributed by atoms with Crippen molar-refractivity contribution in [3.8, 4) is 11.1 Å². The molecule has 1 aliphatic rings. The number of nitrogens with zero attached hydrogens (tertiary/aromatic N) is 2. The lowest BCUT2D eigenvalue weighted by molar-refractivity contribution is 1.30. The first-order valence-corrected chi connectivity index (χ1v) is 33.2. The van der Waals surface area contributed by atoms with E-state index in [1.54, 1.807) is 0 Å². The van der Waals surface area contributed by atoms with Gasteiger partial charge < -0.3 is 9.80 Å². The fraction of sp³-hybridized carbons (Fsp3) is 0.133. The van der Waals surface area contributed by atoms with Gasteiger partial charge in [-0.25, -0.2) is 0 Å². The number of fused-ring (bicyclic) bond motifs is 6. The molecule has 0 aromatic heterocycles. The lowest BCUT2D eigenvalue weighted by Gasteiger charge is -2.36. The van der Waals surface area contributed by atoms with Crippen molar-refractivity contribution in [2.45, 2.75) is 52.4 Å². The minimum Gasteiger partial charge on any atom is -0.310 e. The second-order valence-corrected chi connectivity index (χ2v) is 35.2. The molecule has 0 bridgehead atoms. The van der Waals surface area contributed by atoms with E-state index in [1.807, 2.05) is 0 Å². The van der Waals surface area contributed by atoms with E-state index in [1.165, 1.54) is 109 Å². The van der Waals surface area contributed by atoms with Crippen molar-refractivity contribution >= 4 is 122 Å². The summed E-state index contributed by atoms with van der Waals surface area (Å²) in [6.45, 7) is 19.7. The summed E-state index contributed by atoms with van der Waals surface area (Å²) in [5.74, 6) is 0. The summed E-state index contributed by atoms with van der Waals surface area (Å²) in [5.41, 5.74) is 9.83. The maximum absolute atomic E-state index is 2.56. The lowest BCUT2D eigenvalue weighted by Crippen LogP contribution is -2.56. The molecule has 65 heavy (non-hydrogen) atoms. The van der Waals surface area contributed by atoms with Crippen LogP contribution in [-0.4, -0.2) is 24.2 Å². The van der Waals surface area contributed by atoms with Gasteiger partial charge in [-0.1, -0.05) is 190 Å². The first-order chi connectivity index (χ1) is 31.3. The Kier molecular flexibility index (Phi) is 9.70. The molecule has 0 fully saturated rings. The molecule has 0 spiro atoms. The zero-order valence-electron chi connectivity index (χ0n) is 38.9. The Balaban J connectivity index is 1.09. The third-order valence-corrected chi connectivity index (χ3v) is 21.8. The molecule has 318 valence electrons. The molecule has 10 aromatic rings. The molecule has 0 radical (unpaired) electrons. The van der Waals surface area contributed by atoms with Crippen LogP contribution in [0.1, 0.15) is 0 Å². The van der Waals surface area contributed by atoms with E-state index in [2.05, 4.69) is 256 Å². The van der Waals surface area contributed by atoms with E-state index < -0.39 is 24.2 Å². The molecule has 0 N–H and O–H groups in total. The van der Waals surface area contributed by atoms with Crippen LogP contribution in [0.15, 0.2) is 194 Å². The van der Waals surface area contributed by atoms with Crippen LogP contribution in [0.5, 0.6) is 0 Å². The zero-order chi connectivity index (χ0) is 44.8. The van der Waals surface area contributed by atoms with E-state index in [0.29, 0.717) is 0 Å². The predicted molar refractivity (Wildman–Crippen MR) is 294 cm³/mol. The van der Waals surface area contributed by atoms with Crippen LogP contribution in [0, 0.1) is 0 Å². The summed E-state index contributed by atoms with van der Waals surface area (Å²) < 4.78 is 0. The van der Waals surface area contributed by atoms with Crippen LogP contribution in [0.3, 0.4) is 0 Å². The van der Waals surface area contributed by atoms with Gasteiger partial charge >= 0.3 is 0 Å². The highest BCUT2D eigenvalue weighted by Gasteiger charge is 2.37. The monoisotopic (exact) mass is 888 g/mol. The van der Waals surface area contributed by atoms with Gasteiger partial charge in [0.2, 0.25) is 0 Å². The Hall–Kier alpha value is -6.51. The Bertz CT molecular complexity index is 3480. The highest BCUT2D eigenvalue weighted by molar-refractivity contribution is 7.03. The van der Waals surface area contributed by atoms with Gasteiger partial charge in [0.1, 0.15) is 8.07 Å². The number of hydrogen-bond acceptors (Lipinski definition) is 2. The first-order valence-electron chi connectivity index (χ1n) is 23.2. The van der Waals surface area contributed by atoms with Crippen molar-refractivity contribution in [3.63, 3.8) is 0 Å². The third-order valence-electron chi connectivity index (χ3n) is 14.1. The van der Waals surface area contributed by atoms with Gasteiger partial charge in [-0.05, 0) is 121 Å². The van der Waals surface area contributed by atoms with Crippen molar-refractivity contribution in [1.82, 2.24) is 0 Å². The minimum atomic E-state index is -2.24. The van der Waals surface area contributed by atoms with Crippen LogP contribution >= 0.6 is 0 Å². The normalized spacial score (nSPS) is 13.4. The summed E-state index contributed by atoms with van der Waals surface area (Å²) in [6.07, 6.45) is 0. The molecule has 0 amide bonds. The maximum atomic E-state index is 2.56. The lowest BCUT2D eigenvalue weighted by atomic mass is 9.92. The van der Waals surface area contributed by atoms with Gasteiger partial charge in [0, 0.05) is 33.5 Å². The Morgan fingerprint density at radius 2 is 0.800 bits per heavy atom. The molecule has 0 aliphatic carbocycles. The third kappa shape index (κ3) is 6.96. The van der Waals surface area contributed by atoms with Crippen LogP contribution in [0.2, 0.25) is 52.4 Å². The number of anilines is 6. The van der Waals surface area contributed by atoms with Crippen molar-refractivity contribution < 1.29 is 0 Å². The summed E-state index contributed by atoms with van der Waals surface area (Å²) in [7, 11) is -5.20. The average molecular weight is 889 g/mol. The quantitative estimate of drug-likeness (QED) is 0.111. The van der Waals surface area contributed by atoms with E-state index in [9.17, 15) is 0 Å². The molecule has 0 unspecified atom stereocenters. The van der Waals surface area contributed by atoms with E-state index in [4.69, 9.17) is 0 Å². The van der Waals surface area contributed by atoms with E-state index >= 15 is 0 Å². The standard InChI is InChI=1S/C60H56N2Si3/c1-63(2,3)48-33-28-44(29-34-48)61(56-23-13-18-41-16-9-11-20-50(41)56)46-27-26-43-38-55-52-37-32-47(40-59(52)65(7,8)58-25-15-22-53(60(55)58)54(43)39-46)62(45-30-35-49(36-31-45)64(4,5)6)57-24-14-19-42-17-10-12-21-51(42)57/h9-40H,1-8H3. The Morgan fingerprint density at radius 3 is 1.35 bits per heavy atom. The molecular weight excluding hydrogens is 833 g/mol. The van der Waals surface area contributed by atoms with Gasteiger partial charge in [-0.15, -0.1) is 0 Å². The molecule has 11 rings (SSSR count). The maximum Gasteiger partial charge on any atom is 0.113 e. The molecule has 1 heterocycles. The van der Waals surface area contributed by atoms with Crippen molar-refractivity contribution in [1.29, 1.82) is 0 Å². The van der Waals surface area contributed by atoms with Crippen molar-refractivity contribution in [2.75, 3.05) is 9.80 Å². The number of benzene rings is 10. The van der Waals surface area contributed by atoms with Gasteiger partial charge in [-0.3, -0.25) is 0 Å². The van der Waals surface area contributed by atoms with E-state index in [0.717, 1.165) is 0 Å². The first kappa shape index (κ1) is 41.2. The van der Waals surface area contributed by atoms with Gasteiger partial charge in [0.05, 0.1) is 27.5 Å². The number of hydrogen-bond donors (Lipinski definition) is 0. The van der Waals surface area contributed by atoms with Gasteiger partial charge in [-0.2, -0.15) is 0 Å². The van der Waals surface area contributed by atoms with Crippen LogP contribution in [0.4, 0.5) is 34.1 Å². The highest BCUT2D eigenvalue weighted by Crippen LogP contribution is 2.45. The summed E-state index contributed by atoms with van der Waals surface area (Å²) in [4.78, 5) is 4.97. The zero-order valence-corrected chi connectivity index (χ0v) is 41.9. The van der Waals surface area contributed by atoms with Gasteiger partial charge in [0.15, 0.2) is 0 Å². The van der Waals surface area contributed by atoms with Crippen LogP contribution < -0.4 is 30.5 Å².